The van der Waals surface area contributed by atoms with Crippen molar-refractivity contribution < 1.29 is 19.1 Å². The quantitative estimate of drug-likeness (QED) is 0.793. The SMILES string of the molecule is CCC(C)[C@@H](CC)Oc1ccc2c(c1)CN(C1CCC(=O)NC1=O)C2=O. The Kier molecular flexibility index (Phi) is 5.30. The first kappa shape index (κ1) is 18.4. The van der Waals surface area contributed by atoms with Gasteiger partial charge in [0, 0.05) is 18.5 Å². The first-order chi connectivity index (χ1) is 12.4. The number of piperidine rings is 1. The minimum atomic E-state index is -0.583. The van der Waals surface area contributed by atoms with Gasteiger partial charge in [-0.1, -0.05) is 27.2 Å². The topological polar surface area (TPSA) is 75.7 Å². The van der Waals surface area contributed by atoms with E-state index in [1.807, 2.05) is 12.1 Å². The predicted octanol–water partition coefficient (Wildman–Crippen LogP) is 2.65. The first-order valence-corrected chi connectivity index (χ1v) is 9.38. The summed E-state index contributed by atoms with van der Waals surface area (Å²) in [5.41, 5.74) is 1.48. The van der Waals surface area contributed by atoms with E-state index in [0.29, 0.717) is 24.4 Å². The van der Waals surface area contributed by atoms with E-state index in [2.05, 4.69) is 26.1 Å². The molecule has 2 aliphatic rings. The lowest BCUT2D eigenvalue weighted by Crippen LogP contribution is -2.52. The molecule has 3 atom stereocenters. The minimum absolute atomic E-state index is 0.140. The van der Waals surface area contributed by atoms with Gasteiger partial charge in [0.2, 0.25) is 11.8 Å². The van der Waals surface area contributed by atoms with Crippen molar-refractivity contribution in [1.82, 2.24) is 10.2 Å². The molecule has 3 amide bonds. The molecule has 1 aromatic rings. The van der Waals surface area contributed by atoms with Gasteiger partial charge in [-0.3, -0.25) is 19.7 Å². The zero-order valence-electron chi connectivity index (χ0n) is 15.6. The third-order valence-corrected chi connectivity index (χ3v) is 5.46. The molecule has 0 bridgehead atoms. The molecule has 1 fully saturated rings. The van der Waals surface area contributed by atoms with Crippen LogP contribution in [0.15, 0.2) is 18.2 Å². The molecule has 6 nitrogen and oxygen atoms in total. The molecule has 1 aromatic carbocycles. The number of rotatable bonds is 6. The van der Waals surface area contributed by atoms with Gasteiger partial charge in [-0.05, 0) is 42.5 Å². The van der Waals surface area contributed by atoms with Crippen LogP contribution in [-0.2, 0) is 16.1 Å². The Hall–Kier alpha value is -2.37. The fraction of sp³-hybridized carbons (Fsp3) is 0.550. The zero-order valence-corrected chi connectivity index (χ0v) is 15.6. The number of benzene rings is 1. The molecule has 6 heteroatoms. The summed E-state index contributed by atoms with van der Waals surface area (Å²) in [7, 11) is 0. The van der Waals surface area contributed by atoms with Crippen LogP contribution in [0.5, 0.6) is 5.75 Å². The third-order valence-electron chi connectivity index (χ3n) is 5.46. The van der Waals surface area contributed by atoms with Crippen molar-refractivity contribution in [3.8, 4) is 5.75 Å². The number of fused-ring (bicyclic) bond motifs is 1. The molecule has 0 aromatic heterocycles. The molecule has 0 spiro atoms. The van der Waals surface area contributed by atoms with E-state index >= 15 is 0 Å². The smallest absolute Gasteiger partial charge is 0.255 e. The van der Waals surface area contributed by atoms with E-state index in [-0.39, 0.29) is 30.2 Å². The molecule has 26 heavy (non-hydrogen) atoms. The summed E-state index contributed by atoms with van der Waals surface area (Å²) in [4.78, 5) is 37.7. The van der Waals surface area contributed by atoms with E-state index in [1.54, 1.807) is 11.0 Å². The monoisotopic (exact) mass is 358 g/mol. The van der Waals surface area contributed by atoms with Crippen molar-refractivity contribution in [2.45, 2.75) is 65.1 Å². The highest BCUT2D eigenvalue weighted by Crippen LogP contribution is 2.31. The molecule has 0 aliphatic carbocycles. The second-order valence-electron chi connectivity index (χ2n) is 7.17. The van der Waals surface area contributed by atoms with Crippen molar-refractivity contribution in [3.63, 3.8) is 0 Å². The number of ether oxygens (including phenoxy) is 1. The van der Waals surface area contributed by atoms with Crippen LogP contribution in [-0.4, -0.2) is 34.8 Å². The maximum atomic E-state index is 12.7. The highest BCUT2D eigenvalue weighted by molar-refractivity contribution is 6.05. The van der Waals surface area contributed by atoms with Crippen LogP contribution in [0.3, 0.4) is 0 Å². The molecule has 140 valence electrons. The summed E-state index contributed by atoms with van der Waals surface area (Å²) in [6.07, 6.45) is 2.75. The Balaban J connectivity index is 1.76. The maximum absolute atomic E-state index is 12.7. The highest BCUT2D eigenvalue weighted by atomic mass is 16.5. The summed E-state index contributed by atoms with van der Waals surface area (Å²) in [5, 5.41) is 2.32. The summed E-state index contributed by atoms with van der Waals surface area (Å²) in [6.45, 7) is 6.81. The van der Waals surface area contributed by atoms with Gasteiger partial charge >= 0.3 is 0 Å². The highest BCUT2D eigenvalue weighted by Gasteiger charge is 2.39. The normalized spacial score (nSPS) is 22.0. The number of hydrogen-bond donors (Lipinski definition) is 1. The van der Waals surface area contributed by atoms with Crippen molar-refractivity contribution in [3.05, 3.63) is 29.3 Å². The van der Waals surface area contributed by atoms with Crippen LogP contribution in [0.4, 0.5) is 0 Å². The number of nitrogens with zero attached hydrogens (tertiary/aromatic N) is 1. The van der Waals surface area contributed by atoms with Gasteiger partial charge in [-0.15, -0.1) is 0 Å². The van der Waals surface area contributed by atoms with Gasteiger partial charge in [-0.25, -0.2) is 0 Å². The predicted molar refractivity (Wildman–Crippen MR) is 96.6 cm³/mol. The number of hydrogen-bond acceptors (Lipinski definition) is 4. The largest absolute Gasteiger partial charge is 0.490 e. The van der Waals surface area contributed by atoms with Crippen LogP contribution >= 0.6 is 0 Å². The van der Waals surface area contributed by atoms with Crippen molar-refractivity contribution >= 4 is 17.7 Å². The molecule has 2 heterocycles. The molecular formula is C20H26N2O4. The van der Waals surface area contributed by atoms with Crippen molar-refractivity contribution in [2.75, 3.05) is 0 Å². The van der Waals surface area contributed by atoms with Gasteiger partial charge in [0.05, 0.1) is 0 Å². The molecule has 2 aliphatic heterocycles. The van der Waals surface area contributed by atoms with E-state index in [0.717, 1.165) is 24.2 Å². The van der Waals surface area contributed by atoms with Gasteiger partial charge in [0.1, 0.15) is 17.9 Å². The molecule has 1 N–H and O–H groups in total. The lowest BCUT2D eigenvalue weighted by Gasteiger charge is -2.29. The Morgan fingerprint density at radius 1 is 1.23 bits per heavy atom. The molecule has 2 unspecified atom stereocenters. The Morgan fingerprint density at radius 2 is 2.00 bits per heavy atom. The average molecular weight is 358 g/mol. The van der Waals surface area contributed by atoms with E-state index in [4.69, 9.17) is 4.74 Å². The van der Waals surface area contributed by atoms with Gasteiger partial charge in [0.15, 0.2) is 0 Å². The van der Waals surface area contributed by atoms with Gasteiger partial charge in [-0.2, -0.15) is 0 Å². The molecule has 3 rings (SSSR count). The first-order valence-electron chi connectivity index (χ1n) is 9.38. The van der Waals surface area contributed by atoms with E-state index < -0.39 is 6.04 Å². The number of carbonyl (C=O) groups excluding carboxylic acids is 3. The average Bonchev–Trinajstić information content (AvgIpc) is 2.95. The van der Waals surface area contributed by atoms with Crippen molar-refractivity contribution in [1.29, 1.82) is 0 Å². The van der Waals surface area contributed by atoms with E-state index in [1.165, 1.54) is 0 Å². The molecule has 1 saturated heterocycles. The number of nitrogens with one attached hydrogen (secondary N) is 1. The summed E-state index contributed by atoms with van der Waals surface area (Å²) >= 11 is 0. The van der Waals surface area contributed by atoms with Crippen molar-refractivity contribution in [2.24, 2.45) is 5.92 Å². The Labute approximate surface area is 153 Å². The molecular weight excluding hydrogens is 332 g/mol. The second-order valence-corrected chi connectivity index (χ2v) is 7.17. The number of amides is 3. The third kappa shape index (κ3) is 3.45. The summed E-state index contributed by atoms with van der Waals surface area (Å²) in [5.74, 6) is 0.391. The lowest BCUT2D eigenvalue weighted by molar-refractivity contribution is -0.136. The number of imide groups is 1. The van der Waals surface area contributed by atoms with E-state index in [9.17, 15) is 14.4 Å². The van der Waals surface area contributed by atoms with Crippen LogP contribution in [0, 0.1) is 5.92 Å². The van der Waals surface area contributed by atoms with Gasteiger partial charge in [0.25, 0.3) is 5.91 Å². The van der Waals surface area contributed by atoms with Gasteiger partial charge < -0.3 is 9.64 Å². The standard InChI is InChI=1S/C20H26N2O4/c1-4-12(3)17(5-2)26-14-6-7-15-13(10-14)11-22(20(15)25)16-8-9-18(23)21-19(16)24/h6-7,10,12,16-17H,4-5,8-9,11H2,1-3H3,(H,21,23,24)/t12?,16?,17-/m1/s1. The number of carbonyl (C=O) groups is 3. The van der Waals surface area contributed by atoms with Crippen LogP contribution < -0.4 is 10.1 Å². The molecule has 0 radical (unpaired) electrons. The molecule has 0 saturated carbocycles. The lowest BCUT2D eigenvalue weighted by atomic mass is 9.99. The van der Waals surface area contributed by atoms with Crippen LogP contribution in [0.1, 0.15) is 62.4 Å². The fourth-order valence-electron chi connectivity index (χ4n) is 3.66. The van der Waals surface area contributed by atoms with Crippen LogP contribution in [0.25, 0.3) is 0 Å². The fourth-order valence-corrected chi connectivity index (χ4v) is 3.66. The van der Waals surface area contributed by atoms with Crippen LogP contribution in [0.2, 0.25) is 0 Å². The second kappa shape index (κ2) is 7.48. The Morgan fingerprint density at radius 3 is 2.65 bits per heavy atom. The summed E-state index contributed by atoms with van der Waals surface area (Å²) < 4.78 is 6.14. The summed E-state index contributed by atoms with van der Waals surface area (Å²) in [6, 6.07) is 4.93. The maximum Gasteiger partial charge on any atom is 0.255 e. The minimum Gasteiger partial charge on any atom is -0.490 e. The Bertz CT molecular complexity index is 731. The zero-order chi connectivity index (χ0) is 18.8.